The van der Waals surface area contributed by atoms with E-state index in [1.165, 1.54) is 16.8 Å². The van der Waals surface area contributed by atoms with Gasteiger partial charge in [-0.1, -0.05) is 30.3 Å². The van der Waals surface area contributed by atoms with E-state index in [9.17, 15) is 17.6 Å². The van der Waals surface area contributed by atoms with E-state index in [4.69, 9.17) is 9.88 Å². The maximum absolute atomic E-state index is 14.8. The SMILES string of the molecule is CCOC(=O)CN(C)Cc1nc(Cc2ccccc2)n(-c2ccc(S(N)(=O)=O)cc2F)n1. The summed E-state index contributed by atoms with van der Waals surface area (Å²) in [6.45, 7) is 2.29. The Labute approximate surface area is 185 Å². The first kappa shape index (κ1) is 23.5. The van der Waals surface area contributed by atoms with Gasteiger partial charge in [0, 0.05) is 6.42 Å². The standard InChI is InChI=1S/C21H24FN5O4S/c1-3-31-21(28)14-26(2)13-19-24-20(11-15-7-5-4-6-8-15)27(25-19)18-10-9-16(12-17(18)22)32(23,29)30/h4-10,12H,3,11,13-14H2,1-2H3,(H2,23,29,30). The average Bonchev–Trinajstić information content (AvgIpc) is 3.09. The number of carbonyl (C=O) groups excluding carboxylic acids is 1. The third kappa shape index (κ3) is 5.96. The molecule has 2 aromatic carbocycles. The van der Waals surface area contributed by atoms with E-state index in [1.807, 2.05) is 30.3 Å². The molecule has 9 nitrogen and oxygen atoms in total. The molecule has 0 unspecified atom stereocenters. The number of halogens is 1. The number of aromatic nitrogens is 3. The summed E-state index contributed by atoms with van der Waals surface area (Å²) in [7, 11) is -2.33. The number of ether oxygens (including phenoxy) is 1. The van der Waals surface area contributed by atoms with E-state index in [0.29, 0.717) is 18.1 Å². The van der Waals surface area contributed by atoms with Gasteiger partial charge in [0.2, 0.25) is 10.0 Å². The maximum atomic E-state index is 14.8. The quantitative estimate of drug-likeness (QED) is 0.481. The second-order valence-electron chi connectivity index (χ2n) is 7.15. The molecule has 170 valence electrons. The van der Waals surface area contributed by atoms with E-state index in [0.717, 1.165) is 11.6 Å². The van der Waals surface area contributed by atoms with Crippen LogP contribution in [0.2, 0.25) is 0 Å². The van der Waals surface area contributed by atoms with Gasteiger partial charge >= 0.3 is 5.97 Å². The zero-order chi connectivity index (χ0) is 23.3. The molecule has 0 radical (unpaired) electrons. The number of carbonyl (C=O) groups is 1. The molecule has 32 heavy (non-hydrogen) atoms. The highest BCUT2D eigenvalue weighted by Gasteiger charge is 2.19. The fourth-order valence-electron chi connectivity index (χ4n) is 3.11. The number of benzene rings is 2. The highest BCUT2D eigenvalue weighted by molar-refractivity contribution is 7.89. The third-order valence-electron chi connectivity index (χ3n) is 4.51. The Balaban J connectivity index is 1.95. The fourth-order valence-corrected chi connectivity index (χ4v) is 3.63. The van der Waals surface area contributed by atoms with Crippen molar-refractivity contribution in [2.45, 2.75) is 24.8 Å². The summed E-state index contributed by atoms with van der Waals surface area (Å²) in [6.07, 6.45) is 0.367. The lowest BCUT2D eigenvalue weighted by Gasteiger charge is -2.13. The predicted octanol–water partition coefficient (Wildman–Crippen LogP) is 1.64. The molecule has 0 aliphatic rings. The summed E-state index contributed by atoms with van der Waals surface area (Å²) in [4.78, 5) is 17.6. The largest absolute Gasteiger partial charge is 0.465 e. The van der Waals surface area contributed by atoms with Gasteiger partial charge in [-0.3, -0.25) is 9.69 Å². The predicted molar refractivity (Wildman–Crippen MR) is 115 cm³/mol. The van der Waals surface area contributed by atoms with Crippen molar-refractivity contribution in [2.75, 3.05) is 20.2 Å². The molecule has 1 aromatic heterocycles. The number of hydrogen-bond donors (Lipinski definition) is 1. The normalized spacial score (nSPS) is 11.7. The summed E-state index contributed by atoms with van der Waals surface area (Å²) in [5.41, 5.74) is 0.976. The minimum Gasteiger partial charge on any atom is -0.465 e. The van der Waals surface area contributed by atoms with Gasteiger partial charge in [-0.15, -0.1) is 5.10 Å². The van der Waals surface area contributed by atoms with Crippen molar-refractivity contribution < 1.29 is 22.3 Å². The van der Waals surface area contributed by atoms with E-state index < -0.39 is 15.8 Å². The summed E-state index contributed by atoms with van der Waals surface area (Å²) < 4.78 is 44.2. The van der Waals surface area contributed by atoms with Gasteiger partial charge in [-0.25, -0.2) is 27.6 Å². The topological polar surface area (TPSA) is 120 Å². The van der Waals surface area contributed by atoms with Gasteiger partial charge in [-0.05, 0) is 37.7 Å². The van der Waals surface area contributed by atoms with Crippen molar-refractivity contribution >= 4 is 16.0 Å². The van der Waals surface area contributed by atoms with E-state index in [-0.39, 0.29) is 36.2 Å². The Morgan fingerprint density at radius 1 is 1.22 bits per heavy atom. The zero-order valence-electron chi connectivity index (χ0n) is 17.7. The molecule has 0 amide bonds. The minimum atomic E-state index is -4.05. The lowest BCUT2D eigenvalue weighted by Crippen LogP contribution is -2.27. The van der Waals surface area contributed by atoms with Crippen LogP contribution in [-0.2, 0) is 32.5 Å². The number of rotatable bonds is 9. The van der Waals surface area contributed by atoms with Crippen LogP contribution in [0.25, 0.3) is 5.69 Å². The first-order chi connectivity index (χ1) is 15.2. The summed E-state index contributed by atoms with van der Waals surface area (Å²) in [5.74, 6) is -0.346. The van der Waals surface area contributed by atoms with Crippen molar-refractivity contribution in [3.8, 4) is 5.69 Å². The molecule has 0 saturated heterocycles. The highest BCUT2D eigenvalue weighted by atomic mass is 32.2. The van der Waals surface area contributed by atoms with Gasteiger partial charge in [0.05, 0.1) is 24.6 Å². The number of sulfonamides is 1. The second kappa shape index (κ2) is 9.98. The van der Waals surface area contributed by atoms with Gasteiger partial charge in [0.1, 0.15) is 17.3 Å². The first-order valence-corrected chi connectivity index (χ1v) is 11.4. The molecule has 2 N–H and O–H groups in total. The van der Waals surface area contributed by atoms with Crippen LogP contribution in [-0.4, -0.2) is 54.3 Å². The molecule has 0 atom stereocenters. The summed E-state index contributed by atoms with van der Waals surface area (Å²) >= 11 is 0. The smallest absolute Gasteiger partial charge is 0.320 e. The van der Waals surface area contributed by atoms with Gasteiger partial charge in [0.15, 0.2) is 5.82 Å². The Hall–Kier alpha value is -3.15. The van der Waals surface area contributed by atoms with Crippen LogP contribution in [0.4, 0.5) is 4.39 Å². The number of likely N-dealkylation sites (N-methyl/N-ethyl adjacent to an activating group) is 1. The molecule has 1 heterocycles. The van der Waals surface area contributed by atoms with Crippen LogP contribution in [0.15, 0.2) is 53.4 Å². The molecule has 0 saturated carbocycles. The Morgan fingerprint density at radius 3 is 2.56 bits per heavy atom. The van der Waals surface area contributed by atoms with E-state index in [1.54, 1.807) is 18.9 Å². The zero-order valence-corrected chi connectivity index (χ0v) is 18.5. The third-order valence-corrected chi connectivity index (χ3v) is 5.43. The lowest BCUT2D eigenvalue weighted by molar-refractivity contribution is -0.144. The number of esters is 1. The molecule has 0 fully saturated rings. The molecule has 3 aromatic rings. The number of primary sulfonamides is 1. The fraction of sp³-hybridized carbons (Fsp3) is 0.286. The Morgan fingerprint density at radius 2 is 1.94 bits per heavy atom. The number of nitrogens with zero attached hydrogens (tertiary/aromatic N) is 4. The molecule has 0 aliphatic carbocycles. The monoisotopic (exact) mass is 461 g/mol. The molecular weight excluding hydrogens is 437 g/mol. The second-order valence-corrected chi connectivity index (χ2v) is 8.72. The van der Waals surface area contributed by atoms with Crippen LogP contribution >= 0.6 is 0 Å². The molecular formula is C21H24FN5O4S. The van der Waals surface area contributed by atoms with E-state index >= 15 is 0 Å². The van der Waals surface area contributed by atoms with Crippen molar-refractivity contribution in [3.63, 3.8) is 0 Å². The number of hydrogen-bond acceptors (Lipinski definition) is 7. The van der Waals surface area contributed by atoms with Crippen LogP contribution in [0.3, 0.4) is 0 Å². The highest BCUT2D eigenvalue weighted by Crippen LogP contribution is 2.20. The van der Waals surface area contributed by atoms with Gasteiger partial charge in [0.25, 0.3) is 0 Å². The summed E-state index contributed by atoms with van der Waals surface area (Å²) in [5, 5.41) is 9.51. The minimum absolute atomic E-state index is 0.0372. The average molecular weight is 462 g/mol. The van der Waals surface area contributed by atoms with Crippen LogP contribution in [0, 0.1) is 5.82 Å². The van der Waals surface area contributed by atoms with Crippen molar-refractivity contribution in [3.05, 3.63) is 71.6 Å². The molecule has 11 heteroatoms. The lowest BCUT2D eigenvalue weighted by atomic mass is 10.1. The first-order valence-electron chi connectivity index (χ1n) is 9.83. The molecule has 3 rings (SSSR count). The molecule has 0 bridgehead atoms. The van der Waals surface area contributed by atoms with Crippen molar-refractivity contribution in [1.82, 2.24) is 19.7 Å². The van der Waals surface area contributed by atoms with Crippen LogP contribution in [0.1, 0.15) is 24.1 Å². The van der Waals surface area contributed by atoms with E-state index in [2.05, 4.69) is 10.1 Å². The maximum Gasteiger partial charge on any atom is 0.320 e. The van der Waals surface area contributed by atoms with Crippen LogP contribution < -0.4 is 5.14 Å². The molecule has 0 spiro atoms. The van der Waals surface area contributed by atoms with Gasteiger partial charge in [-0.2, -0.15) is 0 Å². The van der Waals surface area contributed by atoms with Crippen LogP contribution in [0.5, 0.6) is 0 Å². The Kier molecular flexibility index (Phi) is 7.33. The van der Waals surface area contributed by atoms with Gasteiger partial charge < -0.3 is 4.74 Å². The summed E-state index contributed by atoms with van der Waals surface area (Å²) in [6, 6.07) is 12.8. The van der Waals surface area contributed by atoms with Crippen molar-refractivity contribution in [2.24, 2.45) is 5.14 Å². The number of nitrogens with two attached hydrogens (primary N) is 1. The Bertz CT molecular complexity index is 1200. The molecule has 0 aliphatic heterocycles. The van der Waals surface area contributed by atoms with Crippen molar-refractivity contribution in [1.29, 1.82) is 0 Å².